The Hall–Kier alpha value is -2.69. The lowest BCUT2D eigenvalue weighted by Gasteiger charge is -2.28. The lowest BCUT2D eigenvalue weighted by atomic mass is 10.0. The number of fused-ring (bicyclic) bond motifs is 1. The largest absolute Gasteiger partial charge is 0.291 e. The smallest absolute Gasteiger partial charge is 0.273 e. The highest BCUT2D eigenvalue weighted by Gasteiger charge is 2.33. The van der Waals surface area contributed by atoms with E-state index in [1.165, 1.54) is 11.1 Å². The summed E-state index contributed by atoms with van der Waals surface area (Å²) >= 11 is 0. The van der Waals surface area contributed by atoms with Gasteiger partial charge < -0.3 is 0 Å². The van der Waals surface area contributed by atoms with E-state index in [4.69, 9.17) is 0 Å². The number of hydrogen-bond acceptors (Lipinski definition) is 3. The molecule has 0 unspecified atom stereocenters. The van der Waals surface area contributed by atoms with Crippen molar-refractivity contribution >= 4 is 11.8 Å². The second kappa shape index (κ2) is 6.67. The maximum absolute atomic E-state index is 12.8. The van der Waals surface area contributed by atoms with Crippen LogP contribution in [0, 0.1) is 5.92 Å². The number of nitrogens with zero attached hydrogens (tertiary/aromatic N) is 3. The van der Waals surface area contributed by atoms with Gasteiger partial charge in [0.1, 0.15) is 5.69 Å². The van der Waals surface area contributed by atoms with Crippen LogP contribution in [0.2, 0.25) is 0 Å². The van der Waals surface area contributed by atoms with E-state index in [0.717, 1.165) is 19.3 Å². The van der Waals surface area contributed by atoms with E-state index in [1.54, 1.807) is 34.4 Å². The number of hydrogen-bond donors (Lipinski definition) is 0. The van der Waals surface area contributed by atoms with E-state index < -0.39 is 0 Å². The zero-order valence-corrected chi connectivity index (χ0v) is 14.1. The molecule has 0 spiro atoms. The van der Waals surface area contributed by atoms with Crippen LogP contribution >= 0.6 is 0 Å². The Bertz CT molecular complexity index is 766. The molecular weight excluding hydrogens is 314 g/mol. The lowest BCUT2D eigenvalue weighted by molar-refractivity contribution is -0.141. The lowest BCUT2D eigenvalue weighted by Crippen LogP contribution is -2.45. The number of rotatable bonds is 3. The number of benzene rings is 1. The van der Waals surface area contributed by atoms with Crippen LogP contribution < -0.4 is 0 Å². The fourth-order valence-corrected chi connectivity index (χ4v) is 3.85. The molecule has 0 atom stereocenters. The summed E-state index contributed by atoms with van der Waals surface area (Å²) < 4.78 is 0. The van der Waals surface area contributed by atoms with Crippen LogP contribution in [0.3, 0.4) is 0 Å². The fraction of sp³-hybridized carbons (Fsp3) is 0.350. The quantitative estimate of drug-likeness (QED) is 0.866. The third-order valence-corrected chi connectivity index (χ3v) is 5.04. The second-order valence-corrected chi connectivity index (χ2v) is 6.76. The van der Waals surface area contributed by atoms with Crippen LogP contribution in [0.5, 0.6) is 0 Å². The Balaban J connectivity index is 1.42. The van der Waals surface area contributed by atoms with Crippen LogP contribution in [0.15, 0.2) is 48.7 Å². The van der Waals surface area contributed by atoms with Crippen LogP contribution in [0.25, 0.3) is 0 Å². The van der Waals surface area contributed by atoms with Crippen LogP contribution in [0.4, 0.5) is 0 Å². The van der Waals surface area contributed by atoms with Crippen molar-refractivity contribution in [1.82, 2.24) is 15.0 Å². The maximum Gasteiger partial charge on any atom is 0.291 e. The molecule has 1 aromatic heterocycles. The number of aromatic nitrogens is 1. The molecule has 2 heterocycles. The molecule has 2 aromatic rings. The summed E-state index contributed by atoms with van der Waals surface area (Å²) in [6, 6.07) is 13.7. The van der Waals surface area contributed by atoms with Gasteiger partial charge in [-0.1, -0.05) is 30.3 Å². The Morgan fingerprint density at radius 2 is 1.64 bits per heavy atom. The van der Waals surface area contributed by atoms with Crippen LogP contribution in [-0.4, -0.2) is 39.9 Å². The van der Waals surface area contributed by atoms with Gasteiger partial charge in [-0.05, 0) is 48.4 Å². The van der Waals surface area contributed by atoms with Gasteiger partial charge in [-0.3, -0.25) is 19.6 Å². The molecule has 0 bridgehead atoms. The van der Waals surface area contributed by atoms with Gasteiger partial charge in [-0.25, -0.2) is 5.01 Å². The zero-order chi connectivity index (χ0) is 17.2. The molecule has 0 N–H and O–H groups in total. The van der Waals surface area contributed by atoms with E-state index in [1.807, 2.05) is 0 Å². The minimum absolute atomic E-state index is 0.0413. The molecule has 0 saturated carbocycles. The minimum Gasteiger partial charge on any atom is -0.273 e. The first-order valence-electron chi connectivity index (χ1n) is 8.82. The van der Waals surface area contributed by atoms with E-state index in [0.29, 0.717) is 31.1 Å². The SMILES string of the molecule is O=C(CC1Cc2ccccc2C1)N1CCCN1C(=O)c1ccccn1. The predicted octanol–water partition coefficient (Wildman–Crippen LogP) is 2.48. The molecule has 5 nitrogen and oxygen atoms in total. The predicted molar refractivity (Wildman–Crippen MR) is 93.6 cm³/mol. The van der Waals surface area contributed by atoms with E-state index >= 15 is 0 Å². The molecule has 4 rings (SSSR count). The molecule has 2 amide bonds. The van der Waals surface area contributed by atoms with E-state index in [-0.39, 0.29) is 11.8 Å². The van der Waals surface area contributed by atoms with Crippen molar-refractivity contribution < 1.29 is 9.59 Å². The van der Waals surface area contributed by atoms with Gasteiger partial charge in [0.2, 0.25) is 5.91 Å². The van der Waals surface area contributed by atoms with Crippen LogP contribution in [0.1, 0.15) is 34.5 Å². The molecule has 1 saturated heterocycles. The molecule has 1 aliphatic carbocycles. The topological polar surface area (TPSA) is 53.5 Å². The number of carbonyl (C=O) groups excluding carboxylic acids is 2. The number of pyridine rings is 1. The number of amides is 2. The van der Waals surface area contributed by atoms with Gasteiger partial charge in [0, 0.05) is 25.7 Å². The Morgan fingerprint density at radius 3 is 2.32 bits per heavy atom. The highest BCUT2D eigenvalue weighted by molar-refractivity contribution is 5.94. The van der Waals surface area contributed by atoms with Gasteiger partial charge in [0.15, 0.2) is 0 Å². The van der Waals surface area contributed by atoms with Crippen molar-refractivity contribution in [2.75, 3.05) is 13.1 Å². The van der Waals surface area contributed by atoms with Crippen molar-refractivity contribution in [2.45, 2.75) is 25.7 Å². The minimum atomic E-state index is -0.193. The Kier molecular flexibility index (Phi) is 4.22. The van der Waals surface area contributed by atoms with Crippen molar-refractivity contribution in [3.8, 4) is 0 Å². The molecular formula is C20H21N3O2. The van der Waals surface area contributed by atoms with Crippen molar-refractivity contribution in [3.63, 3.8) is 0 Å². The van der Waals surface area contributed by atoms with Gasteiger partial charge in [0.05, 0.1) is 0 Å². The summed E-state index contributed by atoms with van der Waals surface area (Å²) in [5.74, 6) is 0.179. The Labute approximate surface area is 147 Å². The highest BCUT2D eigenvalue weighted by atomic mass is 16.2. The van der Waals surface area contributed by atoms with Crippen molar-refractivity contribution in [3.05, 3.63) is 65.5 Å². The summed E-state index contributed by atoms with van der Waals surface area (Å²) in [7, 11) is 0. The van der Waals surface area contributed by atoms with Gasteiger partial charge in [-0.2, -0.15) is 0 Å². The van der Waals surface area contributed by atoms with E-state index in [2.05, 4.69) is 29.2 Å². The molecule has 1 aliphatic heterocycles. The highest BCUT2D eigenvalue weighted by Crippen LogP contribution is 2.29. The fourth-order valence-electron chi connectivity index (χ4n) is 3.85. The first kappa shape index (κ1) is 15.8. The van der Waals surface area contributed by atoms with Crippen molar-refractivity contribution in [2.24, 2.45) is 5.92 Å². The number of carbonyl (C=O) groups is 2. The third-order valence-electron chi connectivity index (χ3n) is 5.04. The normalized spacial score (nSPS) is 17.0. The van der Waals surface area contributed by atoms with Gasteiger partial charge >= 0.3 is 0 Å². The molecule has 5 heteroatoms. The summed E-state index contributed by atoms with van der Waals surface area (Å²) in [5.41, 5.74) is 3.08. The average molecular weight is 335 g/mol. The second-order valence-electron chi connectivity index (χ2n) is 6.76. The summed E-state index contributed by atoms with van der Waals surface area (Å²) in [6.45, 7) is 1.18. The van der Waals surface area contributed by atoms with Gasteiger partial charge in [-0.15, -0.1) is 0 Å². The van der Waals surface area contributed by atoms with Gasteiger partial charge in [0.25, 0.3) is 5.91 Å². The third kappa shape index (κ3) is 3.14. The maximum atomic E-state index is 12.8. The molecule has 2 aliphatic rings. The molecule has 0 radical (unpaired) electrons. The summed E-state index contributed by atoms with van der Waals surface area (Å²) in [4.78, 5) is 29.6. The van der Waals surface area contributed by atoms with Crippen LogP contribution in [-0.2, 0) is 17.6 Å². The molecule has 1 fully saturated rings. The summed E-state index contributed by atoms with van der Waals surface area (Å²) in [6.07, 6.45) is 4.80. The first-order valence-corrected chi connectivity index (χ1v) is 8.82. The first-order chi connectivity index (χ1) is 12.2. The average Bonchev–Trinajstić information content (AvgIpc) is 3.28. The zero-order valence-electron chi connectivity index (χ0n) is 14.1. The summed E-state index contributed by atoms with van der Waals surface area (Å²) in [5, 5.41) is 3.19. The monoisotopic (exact) mass is 335 g/mol. The molecule has 25 heavy (non-hydrogen) atoms. The Morgan fingerprint density at radius 1 is 0.960 bits per heavy atom. The van der Waals surface area contributed by atoms with E-state index in [9.17, 15) is 9.59 Å². The molecule has 1 aromatic carbocycles. The van der Waals surface area contributed by atoms with Crippen molar-refractivity contribution in [1.29, 1.82) is 0 Å². The molecule has 128 valence electrons. The standard InChI is InChI=1S/C20H21N3O2/c24-19(14-15-12-16-6-1-2-7-17(16)13-15)22-10-5-11-23(22)20(25)18-8-3-4-9-21-18/h1-4,6-9,15H,5,10-14H2. The number of hydrazine groups is 1.